The maximum absolute atomic E-state index is 12.8. The van der Waals surface area contributed by atoms with Crippen LogP contribution in [0, 0.1) is 5.92 Å². The van der Waals surface area contributed by atoms with Crippen molar-refractivity contribution in [2.24, 2.45) is 5.92 Å². The predicted octanol–water partition coefficient (Wildman–Crippen LogP) is 5.31. The van der Waals surface area contributed by atoms with E-state index in [4.69, 9.17) is 4.43 Å². The van der Waals surface area contributed by atoms with Crippen LogP contribution in [-0.4, -0.2) is 20.2 Å². The van der Waals surface area contributed by atoms with E-state index in [0.29, 0.717) is 0 Å². The van der Waals surface area contributed by atoms with Crippen molar-refractivity contribution >= 4 is 14.1 Å². The molecule has 0 saturated carbocycles. The van der Waals surface area contributed by atoms with Gasteiger partial charge in [-0.2, -0.15) is 0 Å². The molecular weight excluding hydrogens is 276 g/mol. The minimum atomic E-state index is -1.96. The molecule has 0 aliphatic rings. The van der Waals surface area contributed by atoms with Gasteiger partial charge in [0.05, 0.1) is 0 Å². The molecule has 0 aliphatic carbocycles. The lowest BCUT2D eigenvalue weighted by Crippen LogP contribution is -2.48. The van der Waals surface area contributed by atoms with Crippen LogP contribution in [0.5, 0.6) is 0 Å². The number of hydrogen-bond acceptors (Lipinski definition) is 2. The van der Waals surface area contributed by atoms with Crippen molar-refractivity contribution in [2.45, 2.75) is 65.3 Å². The van der Waals surface area contributed by atoms with Gasteiger partial charge in [-0.1, -0.05) is 71.4 Å². The third-order valence-electron chi connectivity index (χ3n) is 4.71. The highest BCUT2D eigenvalue weighted by atomic mass is 28.4. The fourth-order valence-corrected chi connectivity index (χ4v) is 3.23. The van der Waals surface area contributed by atoms with E-state index in [1.165, 1.54) is 0 Å². The SMILES string of the molecule is CC[C@H](C)C(O[Si](C)(C)C(C)(C)C)C(=O)c1ccccc1. The molecule has 118 valence electrons. The molecule has 0 fully saturated rings. The van der Waals surface area contributed by atoms with Crippen molar-refractivity contribution in [1.82, 2.24) is 0 Å². The summed E-state index contributed by atoms with van der Waals surface area (Å²) in [5.41, 5.74) is 0.751. The Morgan fingerprint density at radius 3 is 2.14 bits per heavy atom. The van der Waals surface area contributed by atoms with Crippen LogP contribution in [-0.2, 0) is 4.43 Å². The van der Waals surface area contributed by atoms with E-state index in [2.05, 4.69) is 47.7 Å². The van der Waals surface area contributed by atoms with Crippen LogP contribution in [0.15, 0.2) is 30.3 Å². The first-order valence-electron chi connectivity index (χ1n) is 7.87. The fourth-order valence-electron chi connectivity index (χ4n) is 1.90. The molecule has 0 aromatic heterocycles. The average molecular weight is 307 g/mol. The molecule has 1 rings (SSSR count). The topological polar surface area (TPSA) is 26.3 Å². The summed E-state index contributed by atoms with van der Waals surface area (Å²) in [6.45, 7) is 15.3. The molecule has 0 bridgehead atoms. The third-order valence-corrected chi connectivity index (χ3v) is 9.16. The number of ketones is 1. The minimum Gasteiger partial charge on any atom is -0.406 e. The standard InChI is InChI=1S/C18H30O2Si/c1-8-14(2)17(20-21(6,7)18(3,4)5)16(19)15-12-10-9-11-13-15/h9-14,17H,8H2,1-7H3/t14-,17?/m0/s1. The van der Waals surface area contributed by atoms with Gasteiger partial charge >= 0.3 is 0 Å². The second-order valence-corrected chi connectivity index (χ2v) is 12.2. The van der Waals surface area contributed by atoms with Crippen LogP contribution in [0.4, 0.5) is 0 Å². The summed E-state index contributed by atoms with van der Waals surface area (Å²) >= 11 is 0. The van der Waals surface area contributed by atoms with E-state index < -0.39 is 8.32 Å². The van der Waals surface area contributed by atoms with E-state index in [1.54, 1.807) is 0 Å². The van der Waals surface area contributed by atoms with Gasteiger partial charge in [0.1, 0.15) is 6.10 Å². The van der Waals surface area contributed by atoms with Crippen LogP contribution >= 0.6 is 0 Å². The normalized spacial score (nSPS) is 15.6. The Labute approximate surface area is 131 Å². The second-order valence-electron chi connectivity index (χ2n) is 7.41. The Morgan fingerprint density at radius 2 is 1.71 bits per heavy atom. The van der Waals surface area contributed by atoms with Crippen LogP contribution in [0.1, 0.15) is 51.4 Å². The van der Waals surface area contributed by atoms with Crippen molar-refractivity contribution in [3.63, 3.8) is 0 Å². The first-order chi connectivity index (χ1) is 9.60. The quantitative estimate of drug-likeness (QED) is 0.526. The lowest BCUT2D eigenvalue weighted by atomic mass is 9.94. The van der Waals surface area contributed by atoms with Crippen LogP contribution in [0.25, 0.3) is 0 Å². The predicted molar refractivity (Wildman–Crippen MR) is 92.3 cm³/mol. The highest BCUT2D eigenvalue weighted by Gasteiger charge is 2.41. The molecule has 0 heterocycles. The molecule has 0 N–H and O–H groups in total. The molecule has 0 saturated heterocycles. The minimum absolute atomic E-state index is 0.107. The highest BCUT2D eigenvalue weighted by molar-refractivity contribution is 6.74. The van der Waals surface area contributed by atoms with Crippen molar-refractivity contribution in [2.75, 3.05) is 0 Å². The van der Waals surface area contributed by atoms with E-state index in [-0.39, 0.29) is 22.8 Å². The van der Waals surface area contributed by atoms with E-state index in [9.17, 15) is 4.79 Å². The van der Waals surface area contributed by atoms with E-state index in [0.717, 1.165) is 12.0 Å². The van der Waals surface area contributed by atoms with Crippen molar-refractivity contribution < 1.29 is 9.22 Å². The first-order valence-corrected chi connectivity index (χ1v) is 10.8. The van der Waals surface area contributed by atoms with Gasteiger partial charge in [0.25, 0.3) is 0 Å². The maximum atomic E-state index is 12.8. The molecule has 21 heavy (non-hydrogen) atoms. The fraction of sp³-hybridized carbons (Fsp3) is 0.611. The van der Waals surface area contributed by atoms with Crippen LogP contribution in [0.2, 0.25) is 18.1 Å². The number of carbonyl (C=O) groups excluding carboxylic acids is 1. The molecular formula is C18H30O2Si. The van der Waals surface area contributed by atoms with Gasteiger partial charge in [-0.05, 0) is 24.1 Å². The van der Waals surface area contributed by atoms with Gasteiger partial charge in [0.15, 0.2) is 14.1 Å². The summed E-state index contributed by atoms with van der Waals surface area (Å²) in [6.07, 6.45) is 0.607. The van der Waals surface area contributed by atoms with Crippen molar-refractivity contribution in [1.29, 1.82) is 0 Å². The zero-order chi connectivity index (χ0) is 16.3. The molecule has 0 aliphatic heterocycles. The van der Waals surface area contributed by atoms with E-state index in [1.807, 2.05) is 30.3 Å². The van der Waals surface area contributed by atoms with Gasteiger partial charge in [0.2, 0.25) is 0 Å². The Hall–Kier alpha value is -0.933. The van der Waals surface area contributed by atoms with Crippen LogP contribution < -0.4 is 0 Å². The molecule has 3 heteroatoms. The van der Waals surface area contributed by atoms with Gasteiger partial charge < -0.3 is 4.43 Å². The molecule has 2 atom stereocenters. The molecule has 1 aromatic rings. The van der Waals surface area contributed by atoms with Crippen molar-refractivity contribution in [3.8, 4) is 0 Å². The lowest BCUT2D eigenvalue weighted by Gasteiger charge is -2.40. The maximum Gasteiger partial charge on any atom is 0.193 e. The number of rotatable bonds is 6. The molecule has 0 spiro atoms. The lowest BCUT2D eigenvalue weighted by molar-refractivity contribution is 0.0651. The summed E-state index contributed by atoms with van der Waals surface area (Å²) in [4.78, 5) is 12.8. The van der Waals surface area contributed by atoms with Gasteiger partial charge in [-0.15, -0.1) is 0 Å². The molecule has 1 aromatic carbocycles. The van der Waals surface area contributed by atoms with Gasteiger partial charge in [-0.25, -0.2) is 0 Å². The number of hydrogen-bond donors (Lipinski definition) is 0. The Bertz CT molecular complexity index is 460. The molecule has 1 unspecified atom stereocenters. The van der Waals surface area contributed by atoms with Gasteiger partial charge in [0, 0.05) is 5.56 Å². The summed E-state index contributed by atoms with van der Waals surface area (Å²) in [6, 6.07) is 9.52. The molecule has 0 radical (unpaired) electrons. The van der Waals surface area contributed by atoms with E-state index >= 15 is 0 Å². The number of benzene rings is 1. The average Bonchev–Trinajstić information content (AvgIpc) is 2.43. The zero-order valence-electron chi connectivity index (χ0n) is 14.6. The smallest absolute Gasteiger partial charge is 0.193 e. The third kappa shape index (κ3) is 4.52. The largest absolute Gasteiger partial charge is 0.406 e. The Morgan fingerprint density at radius 1 is 1.19 bits per heavy atom. The summed E-state index contributed by atoms with van der Waals surface area (Å²) in [5, 5.41) is 0.107. The van der Waals surface area contributed by atoms with Gasteiger partial charge in [-0.3, -0.25) is 4.79 Å². The second kappa shape index (κ2) is 6.88. The zero-order valence-corrected chi connectivity index (χ0v) is 15.6. The summed E-state index contributed by atoms with van der Waals surface area (Å²) < 4.78 is 6.46. The summed E-state index contributed by atoms with van der Waals surface area (Å²) in [7, 11) is -1.96. The number of carbonyl (C=O) groups is 1. The Kier molecular flexibility index (Phi) is 5.94. The monoisotopic (exact) mass is 306 g/mol. The Balaban J connectivity index is 3.05. The first kappa shape index (κ1) is 18.1. The summed E-state index contributed by atoms with van der Waals surface area (Å²) in [5.74, 6) is 0.349. The van der Waals surface area contributed by atoms with Crippen molar-refractivity contribution in [3.05, 3.63) is 35.9 Å². The number of Topliss-reactive ketones (excluding diaryl/α,β-unsaturated/α-hetero) is 1. The highest BCUT2D eigenvalue weighted by Crippen LogP contribution is 2.38. The van der Waals surface area contributed by atoms with Crippen LogP contribution in [0.3, 0.4) is 0 Å². The molecule has 2 nitrogen and oxygen atoms in total. The molecule has 0 amide bonds.